The van der Waals surface area contributed by atoms with Gasteiger partial charge in [-0.1, -0.05) is 0 Å². The summed E-state index contributed by atoms with van der Waals surface area (Å²) in [5.74, 6) is -0.0777. The van der Waals surface area contributed by atoms with Crippen molar-refractivity contribution in [3.63, 3.8) is 0 Å². The topological polar surface area (TPSA) is 51.4 Å². The summed E-state index contributed by atoms with van der Waals surface area (Å²) in [4.78, 5) is 19.9. The van der Waals surface area contributed by atoms with E-state index in [0.29, 0.717) is 5.56 Å². The van der Waals surface area contributed by atoms with Gasteiger partial charge in [-0.25, -0.2) is 0 Å². The average Bonchev–Trinajstić information content (AvgIpc) is 2.95. The predicted octanol–water partition coefficient (Wildman–Crippen LogP) is 2.33. The van der Waals surface area contributed by atoms with Crippen molar-refractivity contribution in [3.05, 3.63) is 47.8 Å². The van der Waals surface area contributed by atoms with E-state index in [0.717, 1.165) is 37.6 Å². The summed E-state index contributed by atoms with van der Waals surface area (Å²) in [6, 6.07) is 9.88. The first kappa shape index (κ1) is 14.7. The quantitative estimate of drug-likeness (QED) is 0.914. The molecule has 0 saturated carbocycles. The molecule has 1 aliphatic rings. The van der Waals surface area contributed by atoms with Crippen molar-refractivity contribution in [1.82, 2.24) is 9.88 Å². The molecule has 0 bridgehead atoms. The molecule has 1 aromatic heterocycles. The van der Waals surface area contributed by atoms with Crippen LogP contribution in [0.3, 0.4) is 0 Å². The van der Waals surface area contributed by atoms with Crippen LogP contribution in [-0.2, 0) is 0 Å². The molecule has 5 heteroatoms. The normalized spacial score (nSPS) is 15.8. The molecular formula is C17H22N4O. The Morgan fingerprint density at radius 2 is 1.77 bits per heavy atom. The fraction of sp³-hybridized carbons (Fsp3) is 0.353. The molecule has 0 unspecified atom stereocenters. The number of hydrogen-bond donors (Lipinski definition) is 2. The summed E-state index contributed by atoms with van der Waals surface area (Å²) < 4.78 is 0. The van der Waals surface area contributed by atoms with Crippen molar-refractivity contribution in [2.24, 2.45) is 0 Å². The van der Waals surface area contributed by atoms with Crippen molar-refractivity contribution in [1.29, 1.82) is 0 Å². The predicted molar refractivity (Wildman–Crippen MR) is 89.6 cm³/mol. The Hall–Kier alpha value is -2.27. The molecule has 0 radical (unpaired) electrons. The van der Waals surface area contributed by atoms with Gasteiger partial charge in [0.1, 0.15) is 0 Å². The Kier molecular flexibility index (Phi) is 4.15. The number of piperazine rings is 1. The Bertz CT molecular complexity index is 639. The van der Waals surface area contributed by atoms with Gasteiger partial charge in [0.15, 0.2) is 0 Å². The van der Waals surface area contributed by atoms with E-state index in [2.05, 4.69) is 39.3 Å². The van der Waals surface area contributed by atoms with Gasteiger partial charge in [0.05, 0.1) is 5.56 Å². The van der Waals surface area contributed by atoms with Crippen LogP contribution in [0.5, 0.6) is 0 Å². The number of nitrogens with zero attached hydrogens (tertiary/aromatic N) is 2. The number of aromatic nitrogens is 1. The van der Waals surface area contributed by atoms with Crippen LogP contribution in [0.1, 0.15) is 16.1 Å². The number of aromatic amines is 1. The van der Waals surface area contributed by atoms with Crippen LogP contribution >= 0.6 is 0 Å². The summed E-state index contributed by atoms with van der Waals surface area (Å²) in [5.41, 5.74) is 3.60. The van der Waals surface area contributed by atoms with Crippen molar-refractivity contribution in [3.8, 4) is 0 Å². The SMILES string of the molecule is Cc1[nH]ccc1C(=O)Nc1ccc(N2CCN(C)CC2)cc1. The lowest BCUT2D eigenvalue weighted by atomic mass is 10.2. The van der Waals surface area contributed by atoms with E-state index in [-0.39, 0.29) is 5.91 Å². The van der Waals surface area contributed by atoms with Crippen molar-refractivity contribution < 1.29 is 4.79 Å². The minimum absolute atomic E-state index is 0.0777. The fourth-order valence-electron chi connectivity index (χ4n) is 2.72. The minimum Gasteiger partial charge on any atom is -0.369 e. The summed E-state index contributed by atoms with van der Waals surface area (Å²) in [6.45, 7) is 6.16. The lowest BCUT2D eigenvalue weighted by Gasteiger charge is -2.34. The van der Waals surface area contributed by atoms with E-state index in [4.69, 9.17) is 0 Å². The average molecular weight is 298 g/mol. The maximum atomic E-state index is 12.2. The fourth-order valence-corrected chi connectivity index (χ4v) is 2.72. The van der Waals surface area contributed by atoms with Crippen LogP contribution < -0.4 is 10.2 Å². The van der Waals surface area contributed by atoms with Gasteiger partial charge < -0.3 is 20.1 Å². The molecule has 2 N–H and O–H groups in total. The zero-order chi connectivity index (χ0) is 15.5. The van der Waals surface area contributed by atoms with Crippen LogP contribution in [0.15, 0.2) is 36.5 Å². The lowest BCUT2D eigenvalue weighted by molar-refractivity contribution is 0.102. The van der Waals surface area contributed by atoms with Gasteiger partial charge in [-0.05, 0) is 44.3 Å². The number of benzene rings is 1. The molecule has 0 atom stereocenters. The van der Waals surface area contributed by atoms with Crippen molar-refractivity contribution in [2.75, 3.05) is 43.4 Å². The van der Waals surface area contributed by atoms with Crippen molar-refractivity contribution in [2.45, 2.75) is 6.92 Å². The number of likely N-dealkylation sites (N-methyl/N-ethyl adjacent to an activating group) is 1. The standard InChI is InChI=1S/C17H22N4O/c1-13-16(7-8-18-13)17(22)19-14-3-5-15(6-4-14)21-11-9-20(2)10-12-21/h3-8,18H,9-12H2,1-2H3,(H,19,22). The zero-order valence-electron chi connectivity index (χ0n) is 13.1. The molecule has 1 saturated heterocycles. The number of rotatable bonds is 3. The molecule has 2 aromatic rings. The van der Waals surface area contributed by atoms with E-state index >= 15 is 0 Å². The highest BCUT2D eigenvalue weighted by atomic mass is 16.1. The molecule has 0 aliphatic carbocycles. The molecule has 22 heavy (non-hydrogen) atoms. The molecule has 5 nitrogen and oxygen atoms in total. The minimum atomic E-state index is -0.0777. The third kappa shape index (κ3) is 3.14. The Balaban J connectivity index is 1.64. The molecule has 1 fully saturated rings. The maximum absolute atomic E-state index is 12.2. The largest absolute Gasteiger partial charge is 0.369 e. The van der Waals surface area contributed by atoms with Crippen LogP contribution in [0, 0.1) is 6.92 Å². The second-order valence-electron chi connectivity index (χ2n) is 5.81. The highest BCUT2D eigenvalue weighted by molar-refractivity contribution is 6.05. The Morgan fingerprint density at radius 3 is 2.36 bits per heavy atom. The second-order valence-corrected chi connectivity index (χ2v) is 5.81. The number of carbonyl (C=O) groups excluding carboxylic acids is 1. The van der Waals surface area contributed by atoms with Gasteiger partial charge in [-0.2, -0.15) is 0 Å². The number of nitrogens with one attached hydrogen (secondary N) is 2. The van der Waals surface area contributed by atoms with E-state index in [1.54, 1.807) is 12.3 Å². The monoisotopic (exact) mass is 298 g/mol. The number of carbonyl (C=O) groups is 1. The van der Waals surface area contributed by atoms with E-state index in [1.165, 1.54) is 5.69 Å². The first-order chi connectivity index (χ1) is 10.6. The van der Waals surface area contributed by atoms with Gasteiger partial charge in [0, 0.05) is 49.4 Å². The molecule has 1 aromatic carbocycles. The highest BCUT2D eigenvalue weighted by Crippen LogP contribution is 2.20. The highest BCUT2D eigenvalue weighted by Gasteiger charge is 2.14. The van der Waals surface area contributed by atoms with Crippen LogP contribution in [0.2, 0.25) is 0 Å². The number of amides is 1. The second kappa shape index (κ2) is 6.23. The number of H-pyrrole nitrogens is 1. The summed E-state index contributed by atoms with van der Waals surface area (Å²) in [6.07, 6.45) is 1.78. The molecule has 2 heterocycles. The van der Waals surface area contributed by atoms with Crippen LogP contribution in [-0.4, -0.2) is 49.0 Å². The van der Waals surface area contributed by atoms with Gasteiger partial charge in [-0.3, -0.25) is 4.79 Å². The lowest BCUT2D eigenvalue weighted by Crippen LogP contribution is -2.44. The third-order valence-corrected chi connectivity index (χ3v) is 4.19. The Morgan fingerprint density at radius 1 is 1.09 bits per heavy atom. The summed E-state index contributed by atoms with van der Waals surface area (Å²) in [5, 5.41) is 2.94. The summed E-state index contributed by atoms with van der Waals surface area (Å²) in [7, 11) is 2.15. The Labute approximate surface area is 130 Å². The first-order valence-corrected chi connectivity index (χ1v) is 7.62. The van der Waals surface area contributed by atoms with Gasteiger partial charge in [0.2, 0.25) is 0 Å². The van der Waals surface area contributed by atoms with Gasteiger partial charge in [-0.15, -0.1) is 0 Å². The molecule has 1 aliphatic heterocycles. The number of anilines is 2. The zero-order valence-corrected chi connectivity index (χ0v) is 13.1. The van der Waals surface area contributed by atoms with Gasteiger partial charge in [0.25, 0.3) is 5.91 Å². The smallest absolute Gasteiger partial charge is 0.257 e. The molecule has 3 rings (SSSR count). The van der Waals surface area contributed by atoms with Crippen LogP contribution in [0.4, 0.5) is 11.4 Å². The summed E-state index contributed by atoms with van der Waals surface area (Å²) >= 11 is 0. The molecule has 116 valence electrons. The van der Waals surface area contributed by atoms with E-state index in [9.17, 15) is 4.79 Å². The first-order valence-electron chi connectivity index (χ1n) is 7.62. The van der Waals surface area contributed by atoms with Crippen LogP contribution in [0.25, 0.3) is 0 Å². The van der Waals surface area contributed by atoms with Gasteiger partial charge >= 0.3 is 0 Å². The van der Waals surface area contributed by atoms with E-state index < -0.39 is 0 Å². The van der Waals surface area contributed by atoms with E-state index in [1.807, 2.05) is 19.1 Å². The molecular weight excluding hydrogens is 276 g/mol. The number of aryl methyl sites for hydroxylation is 1. The third-order valence-electron chi connectivity index (χ3n) is 4.19. The molecule has 1 amide bonds. The maximum Gasteiger partial charge on any atom is 0.257 e. The molecule has 0 spiro atoms. The number of hydrogen-bond acceptors (Lipinski definition) is 3. The van der Waals surface area contributed by atoms with Crippen molar-refractivity contribution >= 4 is 17.3 Å².